The molecule has 1 aliphatic rings. The van der Waals surface area contributed by atoms with E-state index >= 15 is 0 Å². The number of fused-ring (bicyclic) bond motifs is 1. The molecule has 2 N–H and O–H groups in total. The number of rotatable bonds is 6. The first-order chi connectivity index (χ1) is 13.5. The Bertz CT molecular complexity index is 1080. The molecule has 8 heteroatoms. The minimum atomic E-state index is -1.16. The maximum absolute atomic E-state index is 12.5. The van der Waals surface area contributed by atoms with Crippen LogP contribution in [0.25, 0.3) is 0 Å². The molecule has 0 spiro atoms. The third kappa shape index (κ3) is 3.32. The van der Waals surface area contributed by atoms with E-state index in [0.29, 0.717) is 17.2 Å². The molecule has 1 aliphatic heterocycles. The Morgan fingerprint density at radius 1 is 1.14 bits per heavy atom. The predicted octanol–water partition coefficient (Wildman–Crippen LogP) is 2.25. The number of aromatic nitrogens is 2. The summed E-state index contributed by atoms with van der Waals surface area (Å²) in [6.45, 7) is 0.375. The number of hydrogen-bond acceptors (Lipinski definition) is 5. The molecule has 144 valence electrons. The van der Waals surface area contributed by atoms with E-state index in [-0.39, 0.29) is 31.0 Å². The van der Waals surface area contributed by atoms with Crippen LogP contribution in [0.2, 0.25) is 0 Å². The summed E-state index contributed by atoms with van der Waals surface area (Å²) < 4.78 is 17.1. The highest BCUT2D eigenvalue weighted by molar-refractivity contribution is 5.87. The zero-order chi connectivity index (χ0) is 19.7. The molecule has 0 saturated heterocycles. The normalized spacial score (nSPS) is 12.2. The molecule has 3 aromatic rings. The number of carboxylic acids is 1. The molecule has 0 radical (unpaired) electrons. The van der Waals surface area contributed by atoms with Gasteiger partial charge in [-0.1, -0.05) is 18.2 Å². The lowest BCUT2D eigenvalue weighted by atomic mass is 10.0. The number of aromatic carboxylic acids is 1. The van der Waals surface area contributed by atoms with Crippen LogP contribution in [-0.2, 0) is 13.0 Å². The second kappa shape index (κ2) is 7.15. The van der Waals surface area contributed by atoms with Crippen molar-refractivity contribution in [3.63, 3.8) is 0 Å². The van der Waals surface area contributed by atoms with Crippen molar-refractivity contribution in [2.45, 2.75) is 13.0 Å². The lowest BCUT2D eigenvalue weighted by Crippen LogP contribution is -2.13. The Morgan fingerprint density at radius 2 is 1.86 bits per heavy atom. The highest BCUT2D eigenvalue weighted by atomic mass is 16.7. The molecule has 0 atom stereocenters. The van der Waals surface area contributed by atoms with E-state index in [0.717, 1.165) is 11.1 Å². The van der Waals surface area contributed by atoms with Gasteiger partial charge in [-0.25, -0.2) is 4.79 Å². The molecule has 4 rings (SSSR count). The molecule has 2 aromatic carbocycles. The van der Waals surface area contributed by atoms with Crippen molar-refractivity contribution in [3.8, 4) is 17.2 Å². The Morgan fingerprint density at radius 3 is 2.57 bits per heavy atom. The number of carbonyl (C=O) groups is 1. The van der Waals surface area contributed by atoms with Gasteiger partial charge in [0.15, 0.2) is 17.2 Å². The van der Waals surface area contributed by atoms with E-state index in [9.17, 15) is 14.7 Å². The maximum atomic E-state index is 12.5. The number of hydrogen-bond donors (Lipinski definition) is 2. The van der Waals surface area contributed by atoms with Crippen LogP contribution < -0.4 is 19.8 Å². The molecule has 0 amide bonds. The van der Waals surface area contributed by atoms with Gasteiger partial charge >= 0.3 is 5.97 Å². The number of aromatic amines is 1. The van der Waals surface area contributed by atoms with Crippen LogP contribution >= 0.6 is 0 Å². The van der Waals surface area contributed by atoms with Crippen LogP contribution in [0.3, 0.4) is 0 Å². The Labute approximate surface area is 159 Å². The van der Waals surface area contributed by atoms with Gasteiger partial charge in [0.1, 0.15) is 5.75 Å². The largest absolute Gasteiger partial charge is 0.497 e. The second-order valence-electron chi connectivity index (χ2n) is 6.37. The van der Waals surface area contributed by atoms with Crippen LogP contribution in [-0.4, -0.2) is 34.8 Å². The Kier molecular flexibility index (Phi) is 4.52. The Hall–Kier alpha value is -3.68. The van der Waals surface area contributed by atoms with Gasteiger partial charge in [0.25, 0.3) is 5.56 Å². The summed E-state index contributed by atoms with van der Waals surface area (Å²) in [5.41, 5.74) is 1.31. The van der Waals surface area contributed by atoms with Crippen molar-refractivity contribution in [1.82, 2.24) is 9.78 Å². The quantitative estimate of drug-likeness (QED) is 0.678. The van der Waals surface area contributed by atoms with E-state index in [1.54, 1.807) is 37.4 Å². The zero-order valence-corrected chi connectivity index (χ0v) is 15.1. The number of benzene rings is 2. The van der Waals surface area contributed by atoms with E-state index in [1.165, 1.54) is 4.68 Å². The fourth-order valence-electron chi connectivity index (χ4n) is 3.21. The number of methoxy groups -OCH3 is 1. The van der Waals surface area contributed by atoms with Crippen LogP contribution in [0.1, 0.15) is 27.2 Å². The van der Waals surface area contributed by atoms with Gasteiger partial charge in [0, 0.05) is 6.42 Å². The number of nitrogens with one attached hydrogen (secondary N) is 1. The van der Waals surface area contributed by atoms with Gasteiger partial charge in [0.2, 0.25) is 6.79 Å². The predicted molar refractivity (Wildman–Crippen MR) is 99.5 cm³/mol. The maximum Gasteiger partial charge on any atom is 0.354 e. The SMILES string of the molecule is COc1ccc(Cn2[nH]c(=O)c(Cc3ccc4c(c3)OCO4)c2C(=O)O)cc1. The minimum absolute atomic E-state index is 0.0570. The molecule has 8 nitrogen and oxygen atoms in total. The summed E-state index contributed by atoms with van der Waals surface area (Å²) in [4.78, 5) is 24.4. The lowest BCUT2D eigenvalue weighted by Gasteiger charge is -2.08. The summed E-state index contributed by atoms with van der Waals surface area (Å²) in [5, 5.41) is 12.3. The van der Waals surface area contributed by atoms with Crippen molar-refractivity contribution in [3.05, 3.63) is 75.2 Å². The van der Waals surface area contributed by atoms with Gasteiger partial charge in [-0.2, -0.15) is 0 Å². The van der Waals surface area contributed by atoms with Crippen molar-refractivity contribution in [1.29, 1.82) is 0 Å². The molecule has 0 bridgehead atoms. The fourth-order valence-corrected chi connectivity index (χ4v) is 3.21. The van der Waals surface area contributed by atoms with E-state index < -0.39 is 11.5 Å². The monoisotopic (exact) mass is 382 g/mol. The zero-order valence-electron chi connectivity index (χ0n) is 15.1. The third-order valence-electron chi connectivity index (χ3n) is 4.59. The molecule has 0 aliphatic carbocycles. The molecule has 0 saturated carbocycles. The Balaban J connectivity index is 1.66. The number of nitrogens with zero attached hydrogens (tertiary/aromatic N) is 1. The fraction of sp³-hybridized carbons (Fsp3) is 0.200. The van der Waals surface area contributed by atoms with Gasteiger partial charge < -0.3 is 19.3 Å². The first kappa shape index (κ1) is 17.7. The third-order valence-corrected chi connectivity index (χ3v) is 4.59. The van der Waals surface area contributed by atoms with Gasteiger partial charge in [-0.15, -0.1) is 0 Å². The summed E-state index contributed by atoms with van der Waals surface area (Å²) in [5.74, 6) is 0.756. The molecular weight excluding hydrogens is 364 g/mol. The number of carboxylic acid groups (broad SMARTS) is 1. The number of ether oxygens (including phenoxy) is 3. The van der Waals surface area contributed by atoms with Gasteiger partial charge in [0.05, 0.1) is 19.2 Å². The summed E-state index contributed by atoms with van der Waals surface area (Å²) in [6.07, 6.45) is 0.170. The molecule has 28 heavy (non-hydrogen) atoms. The van der Waals surface area contributed by atoms with Crippen molar-refractivity contribution < 1.29 is 24.1 Å². The molecule has 1 aromatic heterocycles. The standard InChI is InChI=1S/C20H18N2O6/c1-26-14-5-2-12(3-6-14)10-22-18(20(24)25)15(19(23)21-22)8-13-4-7-16-17(9-13)28-11-27-16/h2-7,9H,8,10-11H2,1H3,(H,21,23)(H,24,25). The van der Waals surface area contributed by atoms with E-state index in [2.05, 4.69) is 5.10 Å². The van der Waals surface area contributed by atoms with Crippen molar-refractivity contribution in [2.75, 3.05) is 13.9 Å². The van der Waals surface area contributed by atoms with Crippen molar-refractivity contribution in [2.24, 2.45) is 0 Å². The summed E-state index contributed by atoms with van der Waals surface area (Å²) in [6, 6.07) is 12.5. The van der Waals surface area contributed by atoms with Gasteiger partial charge in [-0.3, -0.25) is 14.6 Å². The molecule has 0 unspecified atom stereocenters. The van der Waals surface area contributed by atoms with E-state index in [1.807, 2.05) is 12.1 Å². The topological polar surface area (TPSA) is 103 Å². The highest BCUT2D eigenvalue weighted by Gasteiger charge is 2.22. The average Bonchev–Trinajstić information content (AvgIpc) is 3.26. The van der Waals surface area contributed by atoms with Crippen LogP contribution in [0.4, 0.5) is 0 Å². The highest BCUT2D eigenvalue weighted by Crippen LogP contribution is 2.33. The smallest absolute Gasteiger partial charge is 0.354 e. The van der Waals surface area contributed by atoms with Crippen LogP contribution in [0.15, 0.2) is 47.3 Å². The lowest BCUT2D eigenvalue weighted by molar-refractivity contribution is 0.0683. The van der Waals surface area contributed by atoms with Crippen LogP contribution in [0, 0.1) is 0 Å². The minimum Gasteiger partial charge on any atom is -0.497 e. The molecular formula is C20H18N2O6. The summed E-state index contributed by atoms with van der Waals surface area (Å²) in [7, 11) is 1.57. The van der Waals surface area contributed by atoms with E-state index in [4.69, 9.17) is 14.2 Å². The molecule has 0 fully saturated rings. The number of H-pyrrole nitrogens is 1. The first-order valence-electron chi connectivity index (χ1n) is 8.61. The average molecular weight is 382 g/mol. The van der Waals surface area contributed by atoms with Crippen LogP contribution in [0.5, 0.6) is 17.2 Å². The summed E-state index contributed by atoms with van der Waals surface area (Å²) >= 11 is 0. The second-order valence-corrected chi connectivity index (χ2v) is 6.37. The molecule has 2 heterocycles. The van der Waals surface area contributed by atoms with Crippen molar-refractivity contribution >= 4 is 5.97 Å². The van der Waals surface area contributed by atoms with Gasteiger partial charge in [-0.05, 0) is 35.4 Å². The first-order valence-corrected chi connectivity index (χ1v) is 8.61.